The van der Waals surface area contributed by atoms with Gasteiger partial charge >= 0.3 is 0 Å². The second-order valence-corrected chi connectivity index (χ2v) is 4.50. The summed E-state index contributed by atoms with van der Waals surface area (Å²) in [5.41, 5.74) is 1.20. The Morgan fingerprint density at radius 3 is 2.92 bits per heavy atom. The molecule has 4 heteroatoms. The predicted octanol–water partition coefficient (Wildman–Crippen LogP) is 2.67. The first-order chi connectivity index (χ1) is 5.84. The van der Waals surface area contributed by atoms with Crippen LogP contribution in [0, 0.1) is 0 Å². The molecule has 1 aromatic rings. The molecule has 0 fully saturated rings. The third kappa shape index (κ3) is 3.23. The minimum Gasteiger partial charge on any atom is -0.382 e. The molecular formula is C8H11BrO2S. The zero-order chi connectivity index (χ0) is 8.81. The summed E-state index contributed by atoms with van der Waals surface area (Å²) in [6, 6.07) is 2.06. The van der Waals surface area contributed by atoms with Crippen LogP contribution in [0.2, 0.25) is 0 Å². The van der Waals surface area contributed by atoms with E-state index in [4.69, 9.17) is 9.47 Å². The van der Waals surface area contributed by atoms with Crippen molar-refractivity contribution in [1.82, 2.24) is 0 Å². The Hall–Kier alpha value is 0.100. The van der Waals surface area contributed by atoms with Crippen molar-refractivity contribution in [3.63, 3.8) is 0 Å². The normalized spacial score (nSPS) is 10.5. The van der Waals surface area contributed by atoms with Crippen LogP contribution < -0.4 is 0 Å². The van der Waals surface area contributed by atoms with E-state index in [2.05, 4.69) is 22.0 Å². The molecule has 12 heavy (non-hydrogen) atoms. The van der Waals surface area contributed by atoms with Gasteiger partial charge in [0.1, 0.15) is 0 Å². The van der Waals surface area contributed by atoms with E-state index in [-0.39, 0.29) is 0 Å². The summed E-state index contributed by atoms with van der Waals surface area (Å²) in [5, 5.41) is 2.04. The van der Waals surface area contributed by atoms with Crippen molar-refractivity contribution in [3.8, 4) is 0 Å². The first-order valence-electron chi connectivity index (χ1n) is 3.63. The minimum atomic E-state index is 0.652. The van der Waals surface area contributed by atoms with Crippen LogP contribution in [0.25, 0.3) is 0 Å². The lowest BCUT2D eigenvalue weighted by atomic mass is 10.4. The van der Waals surface area contributed by atoms with Gasteiger partial charge in [0, 0.05) is 12.7 Å². The molecule has 0 N–H and O–H groups in total. The fourth-order valence-electron chi connectivity index (χ4n) is 0.746. The van der Waals surface area contributed by atoms with Crippen LogP contribution in [-0.4, -0.2) is 20.3 Å². The topological polar surface area (TPSA) is 18.5 Å². The number of thiophene rings is 1. The van der Waals surface area contributed by atoms with Gasteiger partial charge in [0.2, 0.25) is 0 Å². The van der Waals surface area contributed by atoms with Crippen LogP contribution in [0.1, 0.15) is 5.56 Å². The number of rotatable bonds is 5. The number of hydrogen-bond acceptors (Lipinski definition) is 3. The van der Waals surface area contributed by atoms with E-state index in [0.29, 0.717) is 19.8 Å². The second kappa shape index (κ2) is 5.70. The van der Waals surface area contributed by atoms with Gasteiger partial charge in [0.15, 0.2) is 0 Å². The Morgan fingerprint density at radius 1 is 1.50 bits per heavy atom. The number of ether oxygens (including phenoxy) is 2. The highest BCUT2D eigenvalue weighted by atomic mass is 79.9. The quantitative estimate of drug-likeness (QED) is 0.749. The van der Waals surface area contributed by atoms with Crippen molar-refractivity contribution in [3.05, 3.63) is 20.8 Å². The maximum atomic E-state index is 5.35. The van der Waals surface area contributed by atoms with Crippen molar-refractivity contribution < 1.29 is 9.47 Å². The molecule has 0 amide bonds. The SMILES string of the molecule is COCCOCc1ccsc1Br. The first kappa shape index (κ1) is 10.2. The smallest absolute Gasteiger partial charge is 0.0753 e. The van der Waals surface area contributed by atoms with Crippen molar-refractivity contribution in [2.24, 2.45) is 0 Å². The Morgan fingerprint density at radius 2 is 2.33 bits per heavy atom. The molecular weight excluding hydrogens is 240 g/mol. The fraction of sp³-hybridized carbons (Fsp3) is 0.500. The highest BCUT2D eigenvalue weighted by molar-refractivity contribution is 9.11. The van der Waals surface area contributed by atoms with Gasteiger partial charge in [-0.3, -0.25) is 0 Å². The summed E-state index contributed by atoms with van der Waals surface area (Å²) in [4.78, 5) is 0. The molecule has 0 aliphatic heterocycles. The van der Waals surface area contributed by atoms with Crippen LogP contribution >= 0.6 is 27.3 Å². The molecule has 0 radical (unpaired) electrons. The maximum Gasteiger partial charge on any atom is 0.0753 e. The van der Waals surface area contributed by atoms with Gasteiger partial charge in [0.25, 0.3) is 0 Å². The highest BCUT2D eigenvalue weighted by Crippen LogP contribution is 2.23. The molecule has 0 saturated carbocycles. The van der Waals surface area contributed by atoms with Gasteiger partial charge in [-0.25, -0.2) is 0 Å². The van der Waals surface area contributed by atoms with E-state index >= 15 is 0 Å². The summed E-state index contributed by atoms with van der Waals surface area (Å²) in [6.45, 7) is 1.97. The van der Waals surface area contributed by atoms with Crippen LogP contribution in [0.4, 0.5) is 0 Å². The second-order valence-electron chi connectivity index (χ2n) is 2.26. The van der Waals surface area contributed by atoms with Crippen molar-refractivity contribution >= 4 is 27.3 Å². The molecule has 0 unspecified atom stereocenters. The summed E-state index contributed by atoms with van der Waals surface area (Å²) in [5.74, 6) is 0. The van der Waals surface area contributed by atoms with Crippen LogP contribution in [0.15, 0.2) is 15.2 Å². The Bertz CT molecular complexity index is 225. The molecule has 0 atom stereocenters. The van der Waals surface area contributed by atoms with Gasteiger partial charge in [-0.2, -0.15) is 0 Å². The molecule has 2 nitrogen and oxygen atoms in total. The zero-order valence-corrected chi connectivity index (χ0v) is 9.28. The lowest BCUT2D eigenvalue weighted by molar-refractivity contribution is 0.0616. The van der Waals surface area contributed by atoms with Crippen molar-refractivity contribution in [2.75, 3.05) is 20.3 Å². The minimum absolute atomic E-state index is 0.652. The lowest BCUT2D eigenvalue weighted by Crippen LogP contribution is -2.01. The Balaban J connectivity index is 2.20. The molecule has 0 aliphatic rings. The number of hydrogen-bond donors (Lipinski definition) is 0. The molecule has 1 heterocycles. The van der Waals surface area contributed by atoms with Gasteiger partial charge in [-0.15, -0.1) is 11.3 Å². The monoisotopic (exact) mass is 250 g/mol. The largest absolute Gasteiger partial charge is 0.382 e. The van der Waals surface area contributed by atoms with Crippen LogP contribution in [0.5, 0.6) is 0 Å². The van der Waals surface area contributed by atoms with E-state index in [9.17, 15) is 0 Å². The molecule has 1 rings (SSSR count). The molecule has 68 valence electrons. The standard InChI is InChI=1S/C8H11BrO2S/c1-10-3-4-11-6-7-2-5-12-8(7)9/h2,5H,3-4,6H2,1H3. The summed E-state index contributed by atoms with van der Waals surface area (Å²) >= 11 is 5.12. The fourth-order valence-corrected chi connectivity index (χ4v) is 1.95. The highest BCUT2D eigenvalue weighted by Gasteiger charge is 1.99. The zero-order valence-electron chi connectivity index (χ0n) is 6.88. The van der Waals surface area contributed by atoms with Crippen LogP contribution in [-0.2, 0) is 16.1 Å². The van der Waals surface area contributed by atoms with Gasteiger partial charge in [-0.1, -0.05) is 0 Å². The maximum absolute atomic E-state index is 5.35. The van der Waals surface area contributed by atoms with E-state index < -0.39 is 0 Å². The summed E-state index contributed by atoms with van der Waals surface area (Å²) < 4.78 is 11.4. The Kier molecular flexibility index (Phi) is 4.83. The molecule has 0 bridgehead atoms. The third-order valence-electron chi connectivity index (χ3n) is 1.38. The average Bonchev–Trinajstić information content (AvgIpc) is 2.46. The molecule has 1 aromatic heterocycles. The Labute approximate surface area is 84.6 Å². The van der Waals surface area contributed by atoms with Crippen LogP contribution in [0.3, 0.4) is 0 Å². The van der Waals surface area contributed by atoms with Crippen molar-refractivity contribution in [2.45, 2.75) is 6.61 Å². The lowest BCUT2D eigenvalue weighted by Gasteiger charge is -2.01. The van der Waals surface area contributed by atoms with E-state index in [1.54, 1.807) is 18.4 Å². The summed E-state index contributed by atoms with van der Waals surface area (Å²) in [6.07, 6.45) is 0. The van der Waals surface area contributed by atoms with Gasteiger partial charge in [-0.05, 0) is 27.4 Å². The van der Waals surface area contributed by atoms with E-state index in [1.807, 2.05) is 5.38 Å². The number of methoxy groups -OCH3 is 1. The van der Waals surface area contributed by atoms with E-state index in [1.165, 1.54) is 5.56 Å². The van der Waals surface area contributed by atoms with E-state index in [0.717, 1.165) is 3.79 Å². The molecule has 0 spiro atoms. The molecule has 0 aliphatic carbocycles. The third-order valence-corrected chi connectivity index (χ3v) is 3.19. The van der Waals surface area contributed by atoms with Crippen molar-refractivity contribution in [1.29, 1.82) is 0 Å². The number of halogens is 1. The van der Waals surface area contributed by atoms with Gasteiger partial charge < -0.3 is 9.47 Å². The summed E-state index contributed by atoms with van der Waals surface area (Å²) in [7, 11) is 1.67. The molecule has 0 aromatic carbocycles. The predicted molar refractivity (Wildman–Crippen MR) is 53.6 cm³/mol. The van der Waals surface area contributed by atoms with Gasteiger partial charge in [0.05, 0.1) is 23.6 Å². The molecule has 0 saturated heterocycles. The average molecular weight is 251 g/mol. The first-order valence-corrected chi connectivity index (χ1v) is 5.30.